The van der Waals surface area contributed by atoms with Crippen LogP contribution in [0.25, 0.3) is 0 Å². The Morgan fingerprint density at radius 2 is 1.89 bits per heavy atom. The molecule has 4 nitrogen and oxygen atoms in total. The maximum atomic E-state index is 12.2. The summed E-state index contributed by atoms with van der Waals surface area (Å²) < 4.78 is 5.46. The van der Waals surface area contributed by atoms with E-state index >= 15 is 0 Å². The Kier molecular flexibility index (Phi) is 4.80. The van der Waals surface area contributed by atoms with E-state index in [0.717, 1.165) is 11.3 Å². The van der Waals surface area contributed by atoms with Crippen LogP contribution >= 0.6 is 0 Å². The van der Waals surface area contributed by atoms with Crippen LogP contribution in [0.2, 0.25) is 0 Å². The summed E-state index contributed by atoms with van der Waals surface area (Å²) in [5.74, 6) is 1.33. The molecule has 1 aromatic rings. The van der Waals surface area contributed by atoms with Crippen molar-refractivity contribution >= 4 is 5.91 Å². The van der Waals surface area contributed by atoms with Crippen LogP contribution in [-0.4, -0.2) is 23.7 Å². The van der Waals surface area contributed by atoms with Gasteiger partial charge in [0.1, 0.15) is 11.5 Å². The van der Waals surface area contributed by atoms with Crippen molar-refractivity contribution in [2.24, 2.45) is 5.41 Å². The Bertz CT molecular complexity index is 458. The van der Waals surface area contributed by atoms with Gasteiger partial charge in [-0.3, -0.25) is 4.79 Å². The number of furan rings is 1. The van der Waals surface area contributed by atoms with Gasteiger partial charge in [-0.15, -0.1) is 0 Å². The van der Waals surface area contributed by atoms with E-state index in [1.807, 2.05) is 27.7 Å². The van der Waals surface area contributed by atoms with Crippen LogP contribution in [-0.2, 0) is 0 Å². The molecule has 2 N–H and O–H groups in total. The van der Waals surface area contributed by atoms with Crippen molar-refractivity contribution in [2.45, 2.75) is 54.1 Å². The lowest BCUT2D eigenvalue weighted by Crippen LogP contribution is -2.36. The Morgan fingerprint density at radius 1 is 1.32 bits per heavy atom. The summed E-state index contributed by atoms with van der Waals surface area (Å²) in [6, 6.07) is 0. The molecule has 0 aliphatic heterocycles. The maximum absolute atomic E-state index is 12.2. The first-order valence-electron chi connectivity index (χ1n) is 6.67. The zero-order valence-corrected chi connectivity index (χ0v) is 12.8. The number of carbonyl (C=O) groups is 1. The number of carbonyl (C=O) groups excluding carboxylic acids is 1. The molecule has 0 radical (unpaired) electrons. The van der Waals surface area contributed by atoms with E-state index in [1.165, 1.54) is 0 Å². The first kappa shape index (κ1) is 15.8. The van der Waals surface area contributed by atoms with E-state index in [0.29, 0.717) is 24.3 Å². The van der Waals surface area contributed by atoms with Gasteiger partial charge in [-0.1, -0.05) is 13.8 Å². The largest absolute Gasteiger partial charge is 0.466 e. The molecule has 0 fully saturated rings. The smallest absolute Gasteiger partial charge is 0.255 e. The monoisotopic (exact) mass is 267 g/mol. The number of amides is 1. The van der Waals surface area contributed by atoms with Crippen LogP contribution in [0.3, 0.4) is 0 Å². The second kappa shape index (κ2) is 5.78. The molecule has 4 heteroatoms. The summed E-state index contributed by atoms with van der Waals surface area (Å²) in [5.41, 5.74) is 1.39. The van der Waals surface area contributed by atoms with Gasteiger partial charge in [-0.25, -0.2) is 0 Å². The third-order valence-corrected chi connectivity index (χ3v) is 3.36. The average molecular weight is 267 g/mol. The van der Waals surface area contributed by atoms with Crippen LogP contribution in [0.1, 0.15) is 54.6 Å². The molecule has 19 heavy (non-hydrogen) atoms. The highest BCUT2D eigenvalue weighted by atomic mass is 16.3. The Morgan fingerprint density at radius 3 is 2.32 bits per heavy atom. The summed E-state index contributed by atoms with van der Waals surface area (Å²) in [7, 11) is 0. The first-order chi connectivity index (χ1) is 8.64. The molecule has 1 atom stereocenters. The van der Waals surface area contributed by atoms with Crippen LogP contribution in [0, 0.1) is 26.2 Å². The lowest BCUT2D eigenvalue weighted by Gasteiger charge is -2.26. The number of rotatable bonds is 5. The molecular weight excluding hydrogens is 242 g/mol. The summed E-state index contributed by atoms with van der Waals surface area (Å²) >= 11 is 0. The molecule has 0 aromatic carbocycles. The number of aliphatic hydroxyl groups is 1. The van der Waals surface area contributed by atoms with Crippen molar-refractivity contribution in [1.29, 1.82) is 0 Å². The molecule has 1 unspecified atom stereocenters. The van der Waals surface area contributed by atoms with E-state index in [9.17, 15) is 9.90 Å². The topological polar surface area (TPSA) is 62.5 Å². The van der Waals surface area contributed by atoms with Gasteiger partial charge in [0, 0.05) is 12.1 Å². The molecule has 0 aliphatic rings. The van der Waals surface area contributed by atoms with Gasteiger partial charge in [0.05, 0.1) is 11.7 Å². The second-order valence-electron chi connectivity index (χ2n) is 6.11. The van der Waals surface area contributed by atoms with Crippen LogP contribution in [0.5, 0.6) is 0 Å². The van der Waals surface area contributed by atoms with Gasteiger partial charge in [-0.2, -0.15) is 0 Å². The summed E-state index contributed by atoms with van der Waals surface area (Å²) in [4.78, 5) is 12.2. The molecular formula is C15H25NO3. The minimum absolute atomic E-state index is 0.106. The second-order valence-corrected chi connectivity index (χ2v) is 6.11. The molecule has 0 spiro atoms. The number of nitrogens with one attached hydrogen (secondary N) is 1. The maximum Gasteiger partial charge on any atom is 0.255 e. The number of aliphatic hydroxyl groups excluding tert-OH is 1. The molecule has 0 saturated heterocycles. The molecule has 1 amide bonds. The quantitative estimate of drug-likeness (QED) is 0.862. The molecule has 0 bridgehead atoms. The minimum atomic E-state index is -0.369. The van der Waals surface area contributed by atoms with Gasteiger partial charge in [0.25, 0.3) is 5.91 Å². The fourth-order valence-electron chi connectivity index (χ4n) is 2.41. The summed E-state index contributed by atoms with van der Waals surface area (Å²) in [6.07, 6.45) is 0.280. The number of aryl methyl sites for hydroxylation is 2. The summed E-state index contributed by atoms with van der Waals surface area (Å²) in [6.45, 7) is 11.9. The standard InChI is InChI=1S/C15H25NO3/c1-9(17)7-15(5,6)8-16-14(18)13-10(2)11(3)19-12(13)4/h9,17H,7-8H2,1-6H3,(H,16,18). The molecule has 1 heterocycles. The molecule has 1 rings (SSSR count). The lowest BCUT2D eigenvalue weighted by molar-refractivity contribution is 0.0900. The van der Waals surface area contributed by atoms with E-state index < -0.39 is 0 Å². The molecule has 1 aromatic heterocycles. The number of hydrogen-bond acceptors (Lipinski definition) is 3. The fourth-order valence-corrected chi connectivity index (χ4v) is 2.41. The van der Waals surface area contributed by atoms with Crippen LogP contribution in [0.4, 0.5) is 0 Å². The van der Waals surface area contributed by atoms with Gasteiger partial charge in [-0.05, 0) is 39.5 Å². The van der Waals surface area contributed by atoms with Crippen LogP contribution in [0.15, 0.2) is 4.42 Å². The van der Waals surface area contributed by atoms with Crippen molar-refractivity contribution in [3.8, 4) is 0 Å². The van der Waals surface area contributed by atoms with Crippen molar-refractivity contribution < 1.29 is 14.3 Å². The van der Waals surface area contributed by atoms with Crippen molar-refractivity contribution in [3.05, 3.63) is 22.6 Å². The molecule has 0 saturated carbocycles. The zero-order chi connectivity index (χ0) is 14.8. The van der Waals surface area contributed by atoms with Gasteiger partial charge < -0.3 is 14.8 Å². The van der Waals surface area contributed by atoms with Gasteiger partial charge in [0.2, 0.25) is 0 Å². The zero-order valence-electron chi connectivity index (χ0n) is 12.8. The Hall–Kier alpha value is -1.29. The Balaban J connectivity index is 2.71. The summed E-state index contributed by atoms with van der Waals surface area (Å²) in [5, 5.41) is 12.4. The lowest BCUT2D eigenvalue weighted by atomic mass is 9.87. The van der Waals surface area contributed by atoms with E-state index in [4.69, 9.17) is 4.42 Å². The van der Waals surface area contributed by atoms with E-state index in [1.54, 1.807) is 13.8 Å². The minimum Gasteiger partial charge on any atom is -0.466 e. The van der Waals surface area contributed by atoms with E-state index in [-0.39, 0.29) is 17.4 Å². The highest BCUT2D eigenvalue weighted by Crippen LogP contribution is 2.23. The normalized spacial score (nSPS) is 13.4. The highest BCUT2D eigenvalue weighted by Gasteiger charge is 2.23. The first-order valence-corrected chi connectivity index (χ1v) is 6.67. The average Bonchev–Trinajstić information content (AvgIpc) is 2.48. The third-order valence-electron chi connectivity index (χ3n) is 3.36. The highest BCUT2D eigenvalue weighted by molar-refractivity contribution is 5.96. The SMILES string of the molecule is Cc1oc(C)c(C(=O)NCC(C)(C)CC(C)O)c1C. The van der Waals surface area contributed by atoms with Crippen molar-refractivity contribution in [1.82, 2.24) is 5.32 Å². The fraction of sp³-hybridized carbons (Fsp3) is 0.667. The molecule has 108 valence electrons. The Labute approximate surface area is 115 Å². The van der Waals surface area contributed by atoms with E-state index in [2.05, 4.69) is 5.32 Å². The van der Waals surface area contributed by atoms with Gasteiger partial charge >= 0.3 is 0 Å². The third kappa shape index (κ3) is 4.10. The van der Waals surface area contributed by atoms with Crippen molar-refractivity contribution in [2.75, 3.05) is 6.54 Å². The van der Waals surface area contributed by atoms with Crippen LogP contribution < -0.4 is 5.32 Å². The number of hydrogen-bond donors (Lipinski definition) is 2. The predicted molar refractivity (Wildman–Crippen MR) is 75.3 cm³/mol. The van der Waals surface area contributed by atoms with Gasteiger partial charge in [0.15, 0.2) is 0 Å². The predicted octanol–water partition coefficient (Wildman–Crippen LogP) is 2.73. The molecule has 0 aliphatic carbocycles. The van der Waals surface area contributed by atoms with Crippen molar-refractivity contribution in [3.63, 3.8) is 0 Å².